The number of aryl methyl sites for hydroxylation is 1. The number of nitrogens with zero attached hydrogens (tertiary/aromatic N) is 1. The van der Waals surface area contributed by atoms with Gasteiger partial charge in [-0.2, -0.15) is 0 Å². The Labute approximate surface area is 140 Å². The molecule has 2 amide bonds. The standard InChI is InChI=1S/C15H15BrN2O5/c1-23-15(22)17-10-3-2-7-4-9(16)5-8-6-11(14(20)21)18(12(7)8)13(10)19/h4-5,10-11H,2-3,6H2,1H3,(H,17,22)(H,20,21). The van der Waals surface area contributed by atoms with E-state index in [1.807, 2.05) is 12.1 Å². The lowest BCUT2D eigenvalue weighted by Crippen LogP contribution is -2.52. The minimum Gasteiger partial charge on any atom is -0.480 e. The van der Waals surface area contributed by atoms with E-state index in [2.05, 4.69) is 26.0 Å². The largest absolute Gasteiger partial charge is 0.480 e. The fraction of sp³-hybridized carbons (Fsp3) is 0.400. The van der Waals surface area contributed by atoms with Crippen molar-refractivity contribution in [2.24, 2.45) is 0 Å². The SMILES string of the molecule is COC(=O)NC1CCc2cc(Br)cc3c2N(C1=O)C(C(=O)O)C3. The van der Waals surface area contributed by atoms with Gasteiger partial charge in [0.15, 0.2) is 0 Å². The summed E-state index contributed by atoms with van der Waals surface area (Å²) >= 11 is 3.42. The van der Waals surface area contributed by atoms with E-state index in [1.165, 1.54) is 12.0 Å². The molecular weight excluding hydrogens is 368 g/mol. The van der Waals surface area contributed by atoms with Gasteiger partial charge >= 0.3 is 12.1 Å². The number of amides is 2. The summed E-state index contributed by atoms with van der Waals surface area (Å²) in [7, 11) is 1.22. The van der Waals surface area contributed by atoms with Gasteiger partial charge in [-0.3, -0.25) is 9.69 Å². The average molecular weight is 383 g/mol. The number of nitrogens with one attached hydrogen (secondary N) is 1. The Kier molecular flexibility index (Phi) is 4.01. The highest BCUT2D eigenvalue weighted by Gasteiger charge is 2.44. The van der Waals surface area contributed by atoms with Crippen molar-refractivity contribution in [3.05, 3.63) is 27.7 Å². The van der Waals surface area contributed by atoms with Crippen LogP contribution in [0.15, 0.2) is 16.6 Å². The van der Waals surface area contributed by atoms with Crippen molar-refractivity contribution in [2.45, 2.75) is 31.3 Å². The first kappa shape index (κ1) is 15.8. The van der Waals surface area contributed by atoms with Crippen LogP contribution in [0.25, 0.3) is 0 Å². The predicted octanol–water partition coefficient (Wildman–Crippen LogP) is 1.46. The summed E-state index contributed by atoms with van der Waals surface area (Å²) in [5.41, 5.74) is 2.40. The van der Waals surface area contributed by atoms with Crippen molar-refractivity contribution in [1.82, 2.24) is 5.32 Å². The lowest BCUT2D eigenvalue weighted by Gasteiger charge is -2.25. The zero-order valence-electron chi connectivity index (χ0n) is 12.3. The molecular formula is C15H15BrN2O5. The number of rotatable bonds is 2. The second kappa shape index (κ2) is 5.84. The summed E-state index contributed by atoms with van der Waals surface area (Å²) < 4.78 is 5.40. The molecule has 3 rings (SSSR count). The molecule has 0 saturated heterocycles. The molecule has 1 aromatic rings. The first-order valence-corrected chi connectivity index (χ1v) is 7.93. The van der Waals surface area contributed by atoms with Crippen LogP contribution in [0.1, 0.15) is 17.5 Å². The normalized spacial score (nSPS) is 22.3. The Morgan fingerprint density at radius 1 is 1.39 bits per heavy atom. The highest BCUT2D eigenvalue weighted by molar-refractivity contribution is 9.10. The van der Waals surface area contributed by atoms with Crippen LogP contribution in [0, 0.1) is 0 Å². The number of hydrogen-bond donors (Lipinski definition) is 2. The maximum absolute atomic E-state index is 12.8. The van der Waals surface area contributed by atoms with E-state index in [1.54, 1.807) is 0 Å². The third kappa shape index (κ3) is 2.67. The number of carbonyl (C=O) groups excluding carboxylic acids is 2. The Bertz CT molecular complexity index is 705. The number of anilines is 1. The molecule has 23 heavy (non-hydrogen) atoms. The van der Waals surface area contributed by atoms with E-state index < -0.39 is 30.1 Å². The van der Waals surface area contributed by atoms with Gasteiger partial charge in [-0.05, 0) is 36.1 Å². The second-order valence-corrected chi connectivity index (χ2v) is 6.48. The van der Waals surface area contributed by atoms with Crippen molar-refractivity contribution >= 4 is 39.6 Å². The van der Waals surface area contributed by atoms with E-state index in [4.69, 9.17) is 0 Å². The van der Waals surface area contributed by atoms with Gasteiger partial charge in [0.25, 0.3) is 5.91 Å². The van der Waals surface area contributed by atoms with Crippen molar-refractivity contribution < 1.29 is 24.2 Å². The molecule has 0 aliphatic carbocycles. The number of aliphatic carboxylic acids is 1. The van der Waals surface area contributed by atoms with Gasteiger partial charge in [-0.15, -0.1) is 0 Å². The molecule has 122 valence electrons. The van der Waals surface area contributed by atoms with Gasteiger partial charge in [0.2, 0.25) is 0 Å². The average Bonchev–Trinajstić information content (AvgIpc) is 2.83. The second-order valence-electron chi connectivity index (χ2n) is 5.57. The molecule has 2 N–H and O–H groups in total. The summed E-state index contributed by atoms with van der Waals surface area (Å²) in [5, 5.41) is 12.0. The number of methoxy groups -OCH3 is 1. The highest BCUT2D eigenvalue weighted by Crippen LogP contribution is 2.40. The lowest BCUT2D eigenvalue weighted by molar-refractivity contribution is -0.140. The van der Waals surface area contributed by atoms with Crippen molar-refractivity contribution in [1.29, 1.82) is 0 Å². The van der Waals surface area contributed by atoms with Gasteiger partial charge in [-0.25, -0.2) is 9.59 Å². The van der Waals surface area contributed by atoms with Crippen molar-refractivity contribution in [3.63, 3.8) is 0 Å². The van der Waals surface area contributed by atoms with E-state index in [9.17, 15) is 19.5 Å². The summed E-state index contributed by atoms with van der Waals surface area (Å²) in [4.78, 5) is 37.2. The van der Waals surface area contributed by atoms with Crippen LogP contribution in [-0.4, -0.2) is 42.3 Å². The molecule has 7 nitrogen and oxygen atoms in total. The molecule has 0 aromatic heterocycles. The number of carboxylic acids is 1. The number of benzene rings is 1. The van der Waals surface area contributed by atoms with Crippen LogP contribution in [0.2, 0.25) is 0 Å². The van der Waals surface area contributed by atoms with Gasteiger partial charge in [-0.1, -0.05) is 15.9 Å². The zero-order valence-corrected chi connectivity index (χ0v) is 13.9. The minimum absolute atomic E-state index is 0.258. The number of carboxylic acid groups (broad SMARTS) is 1. The number of alkyl carbamates (subject to hydrolysis) is 1. The maximum atomic E-state index is 12.8. The quantitative estimate of drug-likeness (QED) is 0.806. The number of hydrogen-bond acceptors (Lipinski definition) is 4. The minimum atomic E-state index is -1.06. The van der Waals surface area contributed by atoms with Crippen LogP contribution >= 0.6 is 15.9 Å². The van der Waals surface area contributed by atoms with E-state index >= 15 is 0 Å². The molecule has 0 fully saturated rings. The first-order chi connectivity index (χ1) is 10.9. The molecule has 2 atom stereocenters. The summed E-state index contributed by atoms with van der Waals surface area (Å²) in [6.07, 6.45) is 0.500. The van der Waals surface area contributed by atoms with Crippen LogP contribution in [0.4, 0.5) is 10.5 Å². The molecule has 2 unspecified atom stereocenters. The van der Waals surface area contributed by atoms with Crippen LogP contribution in [0.3, 0.4) is 0 Å². The fourth-order valence-electron chi connectivity index (χ4n) is 3.22. The first-order valence-electron chi connectivity index (χ1n) is 7.14. The monoisotopic (exact) mass is 382 g/mol. The molecule has 2 aliphatic rings. The van der Waals surface area contributed by atoms with Crippen molar-refractivity contribution in [3.8, 4) is 0 Å². The van der Waals surface area contributed by atoms with Crippen LogP contribution in [0.5, 0.6) is 0 Å². The van der Waals surface area contributed by atoms with Crippen molar-refractivity contribution in [2.75, 3.05) is 12.0 Å². The topological polar surface area (TPSA) is 95.9 Å². The number of halogens is 1. The maximum Gasteiger partial charge on any atom is 0.407 e. The van der Waals surface area contributed by atoms with Crippen LogP contribution < -0.4 is 10.2 Å². The molecule has 0 radical (unpaired) electrons. The predicted molar refractivity (Wildman–Crippen MR) is 84.4 cm³/mol. The Morgan fingerprint density at radius 3 is 2.74 bits per heavy atom. The van der Waals surface area contributed by atoms with Gasteiger partial charge in [0.05, 0.1) is 12.8 Å². The summed E-state index contributed by atoms with van der Waals surface area (Å²) in [6.45, 7) is 0. The zero-order chi connectivity index (χ0) is 16.7. The van der Waals surface area contributed by atoms with Gasteiger partial charge in [0, 0.05) is 10.9 Å². The molecule has 1 aromatic carbocycles. The molecule has 2 aliphatic heterocycles. The van der Waals surface area contributed by atoms with Crippen LogP contribution in [-0.2, 0) is 27.2 Å². The number of carbonyl (C=O) groups is 3. The highest BCUT2D eigenvalue weighted by atomic mass is 79.9. The number of ether oxygens (including phenoxy) is 1. The smallest absolute Gasteiger partial charge is 0.407 e. The van der Waals surface area contributed by atoms with Gasteiger partial charge < -0.3 is 15.2 Å². The molecule has 0 bridgehead atoms. The molecule has 0 spiro atoms. The fourth-order valence-corrected chi connectivity index (χ4v) is 3.77. The summed E-state index contributed by atoms with van der Waals surface area (Å²) in [6, 6.07) is 1.98. The van der Waals surface area contributed by atoms with E-state index in [-0.39, 0.29) is 6.42 Å². The van der Waals surface area contributed by atoms with E-state index in [0.717, 1.165) is 15.6 Å². The third-order valence-electron chi connectivity index (χ3n) is 4.20. The Hall–Kier alpha value is -2.09. The third-order valence-corrected chi connectivity index (χ3v) is 4.66. The molecule has 8 heteroatoms. The van der Waals surface area contributed by atoms with Gasteiger partial charge in [0.1, 0.15) is 12.1 Å². The van der Waals surface area contributed by atoms with E-state index in [0.29, 0.717) is 18.5 Å². The molecule has 2 heterocycles. The Morgan fingerprint density at radius 2 is 2.09 bits per heavy atom. The summed E-state index contributed by atoms with van der Waals surface area (Å²) in [5.74, 6) is -1.47. The lowest BCUT2D eigenvalue weighted by atomic mass is 10.0. The Balaban J connectivity index is 2.05. The molecule has 0 saturated carbocycles.